The van der Waals surface area contributed by atoms with Crippen molar-refractivity contribution >= 4 is 17.9 Å². The number of unbranched alkanes of at least 4 members (excludes halogenated alkanes) is 13. The van der Waals surface area contributed by atoms with E-state index in [-0.39, 0.29) is 25.8 Å². The van der Waals surface area contributed by atoms with E-state index in [0.717, 1.165) is 32.1 Å². The number of carboxylic acid groups (broad SMARTS) is 3. The average molecular weight is 541 g/mol. The van der Waals surface area contributed by atoms with E-state index in [4.69, 9.17) is 0 Å². The molecule has 38 heavy (non-hydrogen) atoms. The van der Waals surface area contributed by atoms with Gasteiger partial charge in [0, 0.05) is 19.3 Å². The van der Waals surface area contributed by atoms with Gasteiger partial charge in [-0.25, -0.2) is 14.4 Å². The third-order valence-electron chi connectivity index (χ3n) is 8.06. The summed E-state index contributed by atoms with van der Waals surface area (Å²) in [5, 5.41) is 30.0. The highest BCUT2D eigenvalue weighted by Gasteiger charge is 2.55. The molecule has 0 rings (SSSR count). The van der Waals surface area contributed by atoms with Gasteiger partial charge in [0.1, 0.15) is 0 Å². The molecule has 0 amide bonds. The normalized spacial score (nSPS) is 15.7. The molecule has 0 aliphatic heterocycles. The van der Waals surface area contributed by atoms with Crippen molar-refractivity contribution in [3.8, 4) is 0 Å². The van der Waals surface area contributed by atoms with Crippen LogP contribution in [0.2, 0.25) is 0 Å². The number of quaternary nitrogens is 1. The number of allylic oxidation sites excluding steroid dienone is 2. The van der Waals surface area contributed by atoms with Gasteiger partial charge in [0.05, 0.1) is 6.54 Å². The van der Waals surface area contributed by atoms with Crippen LogP contribution in [0.1, 0.15) is 143 Å². The average Bonchev–Trinajstić information content (AvgIpc) is 2.86. The van der Waals surface area contributed by atoms with Crippen LogP contribution in [-0.2, 0) is 14.4 Å². The molecule has 0 aromatic carbocycles. The molecule has 0 bridgehead atoms. The Balaban J connectivity index is 4.69. The van der Waals surface area contributed by atoms with E-state index >= 15 is 0 Å². The lowest BCUT2D eigenvalue weighted by Gasteiger charge is -2.49. The maximum Gasteiger partial charge on any atom is 0.362 e. The SMILES string of the molecule is CCCCCCCC/C=C/CCCCCCCCC[N+](C(CC)C(=O)O)(C(CC)C(=O)O)C(CC)C(=O)O. The van der Waals surface area contributed by atoms with Crippen molar-refractivity contribution in [2.75, 3.05) is 6.54 Å². The molecule has 0 fully saturated rings. The summed E-state index contributed by atoms with van der Waals surface area (Å²) in [6.07, 6.45) is 22.6. The zero-order valence-corrected chi connectivity index (χ0v) is 24.8. The lowest BCUT2D eigenvalue weighted by molar-refractivity contribution is -0.973. The first-order valence-electron chi connectivity index (χ1n) is 15.4. The molecular weight excluding hydrogens is 482 g/mol. The Morgan fingerprint density at radius 2 is 0.842 bits per heavy atom. The number of aliphatic carboxylic acids is 3. The summed E-state index contributed by atoms with van der Waals surface area (Å²) < 4.78 is -0.408. The number of carboxylic acids is 3. The third-order valence-corrected chi connectivity index (χ3v) is 8.06. The number of rotatable bonds is 26. The number of nitrogens with zero attached hydrogens (tertiary/aromatic N) is 1. The van der Waals surface area contributed by atoms with E-state index in [0.29, 0.717) is 6.42 Å². The molecule has 0 heterocycles. The Labute approximate surface area is 232 Å². The fourth-order valence-electron chi connectivity index (χ4n) is 6.09. The second-order valence-electron chi connectivity index (χ2n) is 10.8. The standard InChI is InChI=1S/C31H57NO6/c1-5-9-10-11-12-13-14-15-16-17-18-19-20-21-22-23-24-25-32(26(6-2)29(33)34,27(7-3)30(35)36)28(8-4)31(37)38/h15-16,26-28H,5-14,17-25H2,1-4H3,(H2-,33,34,35,36,37,38)/p+1/b16-15+. The van der Waals surface area contributed by atoms with Crippen molar-refractivity contribution in [1.82, 2.24) is 0 Å². The monoisotopic (exact) mass is 540 g/mol. The first-order valence-corrected chi connectivity index (χ1v) is 15.4. The van der Waals surface area contributed by atoms with E-state index in [1.54, 1.807) is 20.8 Å². The highest BCUT2D eigenvalue weighted by Crippen LogP contribution is 2.32. The molecule has 0 aliphatic rings. The summed E-state index contributed by atoms with van der Waals surface area (Å²) >= 11 is 0. The molecule has 0 radical (unpaired) electrons. The van der Waals surface area contributed by atoms with Gasteiger partial charge in [-0.1, -0.05) is 97.6 Å². The van der Waals surface area contributed by atoms with Gasteiger partial charge >= 0.3 is 17.9 Å². The van der Waals surface area contributed by atoms with Gasteiger partial charge in [-0.15, -0.1) is 0 Å². The molecule has 0 aromatic heterocycles. The number of hydrogen-bond donors (Lipinski definition) is 3. The van der Waals surface area contributed by atoms with Crippen LogP contribution >= 0.6 is 0 Å². The zero-order chi connectivity index (χ0) is 28.8. The van der Waals surface area contributed by atoms with Gasteiger partial charge in [-0.3, -0.25) is 4.48 Å². The van der Waals surface area contributed by atoms with Crippen molar-refractivity contribution in [1.29, 1.82) is 0 Å². The Bertz CT molecular complexity index is 622. The lowest BCUT2D eigenvalue weighted by atomic mass is 9.93. The summed E-state index contributed by atoms with van der Waals surface area (Å²) in [5.74, 6) is -3.35. The minimum Gasteiger partial charge on any atom is -0.477 e. The molecule has 3 unspecified atom stereocenters. The zero-order valence-electron chi connectivity index (χ0n) is 24.8. The van der Waals surface area contributed by atoms with Crippen molar-refractivity contribution in [2.24, 2.45) is 0 Å². The van der Waals surface area contributed by atoms with E-state index < -0.39 is 40.5 Å². The van der Waals surface area contributed by atoms with Gasteiger partial charge in [0.2, 0.25) is 0 Å². The highest BCUT2D eigenvalue weighted by molar-refractivity contribution is 5.78. The molecule has 0 saturated heterocycles. The maximum atomic E-state index is 12.2. The minimum absolute atomic E-state index is 0.191. The number of hydrogen-bond acceptors (Lipinski definition) is 3. The minimum atomic E-state index is -1.12. The van der Waals surface area contributed by atoms with Crippen molar-refractivity contribution in [3.05, 3.63) is 12.2 Å². The van der Waals surface area contributed by atoms with Crippen LogP contribution in [0.3, 0.4) is 0 Å². The van der Waals surface area contributed by atoms with E-state index in [9.17, 15) is 29.7 Å². The molecule has 0 aromatic rings. The van der Waals surface area contributed by atoms with Crippen LogP contribution in [0, 0.1) is 0 Å². The molecule has 7 nitrogen and oxygen atoms in total. The van der Waals surface area contributed by atoms with Crippen molar-refractivity contribution < 1.29 is 34.2 Å². The molecule has 3 N–H and O–H groups in total. The van der Waals surface area contributed by atoms with Gasteiger partial charge in [-0.2, -0.15) is 0 Å². The molecule has 7 heteroatoms. The summed E-state index contributed by atoms with van der Waals surface area (Å²) in [7, 11) is 0. The lowest BCUT2D eigenvalue weighted by Crippen LogP contribution is -2.72. The van der Waals surface area contributed by atoms with Gasteiger partial charge in [0.25, 0.3) is 0 Å². The summed E-state index contributed by atoms with van der Waals surface area (Å²) in [6, 6.07) is -3.19. The van der Waals surface area contributed by atoms with Crippen LogP contribution in [-0.4, -0.2) is 62.4 Å². The quantitative estimate of drug-likeness (QED) is 0.0586. The summed E-state index contributed by atoms with van der Waals surface area (Å²) in [4.78, 5) is 36.7. The molecule has 3 atom stereocenters. The van der Waals surface area contributed by atoms with E-state index in [1.807, 2.05) is 0 Å². The van der Waals surface area contributed by atoms with E-state index in [2.05, 4.69) is 19.1 Å². The first kappa shape index (κ1) is 36.1. The van der Waals surface area contributed by atoms with Crippen LogP contribution in [0.4, 0.5) is 0 Å². The van der Waals surface area contributed by atoms with Crippen molar-refractivity contribution in [2.45, 2.75) is 161 Å². The Kier molecular flexibility index (Phi) is 20.9. The molecular formula is C31H58NO6+. The molecule has 0 aliphatic carbocycles. The van der Waals surface area contributed by atoms with Crippen LogP contribution in [0.15, 0.2) is 12.2 Å². The second-order valence-corrected chi connectivity index (χ2v) is 10.8. The Hall–Kier alpha value is -1.89. The van der Waals surface area contributed by atoms with Crippen molar-refractivity contribution in [3.63, 3.8) is 0 Å². The third kappa shape index (κ3) is 12.8. The largest absolute Gasteiger partial charge is 0.477 e. The predicted octanol–water partition coefficient (Wildman–Crippen LogP) is 7.82. The summed E-state index contributed by atoms with van der Waals surface area (Å²) in [5.41, 5.74) is 0. The van der Waals surface area contributed by atoms with Gasteiger partial charge in [0.15, 0.2) is 18.1 Å². The smallest absolute Gasteiger partial charge is 0.362 e. The topological polar surface area (TPSA) is 112 Å². The maximum absolute atomic E-state index is 12.2. The highest BCUT2D eigenvalue weighted by atomic mass is 16.4. The molecule has 0 saturated carbocycles. The van der Waals surface area contributed by atoms with Gasteiger partial charge in [-0.05, 0) is 38.5 Å². The second kappa shape index (κ2) is 22.0. The fourth-order valence-corrected chi connectivity index (χ4v) is 6.09. The summed E-state index contributed by atoms with van der Waals surface area (Å²) in [6.45, 7) is 7.62. The van der Waals surface area contributed by atoms with E-state index in [1.165, 1.54) is 57.8 Å². The van der Waals surface area contributed by atoms with Crippen LogP contribution in [0.25, 0.3) is 0 Å². The van der Waals surface area contributed by atoms with Crippen LogP contribution in [0.5, 0.6) is 0 Å². The van der Waals surface area contributed by atoms with Gasteiger partial charge < -0.3 is 15.3 Å². The first-order chi connectivity index (χ1) is 18.2. The van der Waals surface area contributed by atoms with Crippen LogP contribution < -0.4 is 0 Å². The Morgan fingerprint density at radius 3 is 1.16 bits per heavy atom. The fraction of sp³-hybridized carbons (Fsp3) is 0.839. The molecule has 222 valence electrons. The molecule has 0 spiro atoms. The predicted molar refractivity (Wildman–Crippen MR) is 154 cm³/mol. The Morgan fingerprint density at radius 1 is 0.526 bits per heavy atom. The number of carbonyl (C=O) groups is 3.